The van der Waals surface area contributed by atoms with Gasteiger partial charge in [-0.1, -0.05) is 18.2 Å². The first-order chi connectivity index (χ1) is 11.4. The first-order valence-electron chi connectivity index (χ1n) is 7.35. The lowest BCUT2D eigenvalue weighted by atomic mass is 10.3. The molecule has 0 radical (unpaired) electrons. The summed E-state index contributed by atoms with van der Waals surface area (Å²) in [6.45, 7) is 0.234. The molecule has 0 aliphatic heterocycles. The monoisotopic (exact) mass is 394 g/mol. The van der Waals surface area contributed by atoms with Gasteiger partial charge in [0, 0.05) is 10.2 Å². The Morgan fingerprint density at radius 2 is 1.71 bits per heavy atom. The summed E-state index contributed by atoms with van der Waals surface area (Å²) in [6.07, 6.45) is 0. The van der Waals surface area contributed by atoms with E-state index in [0.717, 1.165) is 4.47 Å². The number of rotatable bonds is 6. The van der Waals surface area contributed by atoms with Crippen LogP contribution in [0.25, 0.3) is 0 Å². The number of anilines is 2. The Balaban J connectivity index is 1.81. The van der Waals surface area contributed by atoms with Crippen LogP contribution in [-0.2, 0) is 9.59 Å². The Morgan fingerprint density at radius 3 is 2.38 bits per heavy atom. The van der Waals surface area contributed by atoms with Crippen LogP contribution in [0.15, 0.2) is 53.0 Å². The Kier molecular flexibility index (Phi) is 6.45. The quantitative estimate of drug-likeness (QED) is 0.697. The number of para-hydroxylation sites is 1. The molecule has 0 bridgehead atoms. The highest BCUT2D eigenvalue weighted by Crippen LogP contribution is 2.20. The Labute approximate surface area is 148 Å². The van der Waals surface area contributed by atoms with Gasteiger partial charge in [0.05, 0.1) is 12.7 Å². The summed E-state index contributed by atoms with van der Waals surface area (Å²) < 4.78 is 13.9. The van der Waals surface area contributed by atoms with Crippen LogP contribution in [0.4, 0.5) is 15.8 Å². The van der Waals surface area contributed by atoms with Crippen molar-refractivity contribution in [3.8, 4) is 0 Å². The summed E-state index contributed by atoms with van der Waals surface area (Å²) in [5.74, 6) is -0.897. The maximum Gasteiger partial charge on any atom is 0.279 e. The highest BCUT2D eigenvalue weighted by Gasteiger charge is 2.15. The minimum absolute atomic E-state index is 0.0971. The van der Waals surface area contributed by atoms with Gasteiger partial charge in [0.1, 0.15) is 5.82 Å². The molecule has 0 aromatic heterocycles. The topological polar surface area (TPSA) is 62.6 Å². The SMILES string of the molecule is C[NH+](CC(=O)Nc1cccc(F)c1)CC(=O)Nc1ccccc1Br. The molecule has 5 nitrogen and oxygen atoms in total. The van der Waals surface area contributed by atoms with Gasteiger partial charge in [0.2, 0.25) is 0 Å². The molecule has 0 aliphatic rings. The number of hydrogen-bond acceptors (Lipinski definition) is 2. The van der Waals surface area contributed by atoms with E-state index in [0.29, 0.717) is 16.3 Å². The number of nitrogens with one attached hydrogen (secondary N) is 3. The molecule has 126 valence electrons. The largest absolute Gasteiger partial charge is 0.322 e. The van der Waals surface area contributed by atoms with Crippen LogP contribution in [0.5, 0.6) is 0 Å². The fourth-order valence-corrected chi connectivity index (χ4v) is 2.52. The predicted molar refractivity (Wildman–Crippen MR) is 94.4 cm³/mol. The molecule has 2 aromatic rings. The number of amides is 2. The van der Waals surface area contributed by atoms with Gasteiger partial charge in [0.25, 0.3) is 11.8 Å². The summed E-state index contributed by atoms with van der Waals surface area (Å²) >= 11 is 3.36. The van der Waals surface area contributed by atoms with Gasteiger partial charge >= 0.3 is 0 Å². The standard InChI is InChI=1S/C17H17BrFN3O2/c1-22(10-16(23)20-13-6-4-5-12(19)9-13)11-17(24)21-15-8-3-2-7-14(15)18/h2-9H,10-11H2,1H3,(H,20,23)(H,21,24)/p+1. The zero-order valence-electron chi connectivity index (χ0n) is 13.1. The molecule has 0 saturated carbocycles. The first-order valence-corrected chi connectivity index (χ1v) is 8.14. The minimum atomic E-state index is -0.415. The van der Waals surface area contributed by atoms with E-state index in [9.17, 15) is 14.0 Å². The molecule has 1 unspecified atom stereocenters. The van der Waals surface area contributed by atoms with E-state index >= 15 is 0 Å². The second kappa shape index (κ2) is 8.56. The number of carbonyl (C=O) groups is 2. The van der Waals surface area contributed by atoms with Gasteiger partial charge in [-0.2, -0.15) is 0 Å². The normalized spacial score (nSPS) is 11.6. The van der Waals surface area contributed by atoms with Crippen LogP contribution < -0.4 is 15.5 Å². The third-order valence-electron chi connectivity index (χ3n) is 3.18. The number of carbonyl (C=O) groups excluding carboxylic acids is 2. The van der Waals surface area contributed by atoms with E-state index in [2.05, 4.69) is 26.6 Å². The van der Waals surface area contributed by atoms with E-state index < -0.39 is 5.82 Å². The highest BCUT2D eigenvalue weighted by atomic mass is 79.9. The molecular formula is C17H18BrFN3O2+. The lowest BCUT2D eigenvalue weighted by Crippen LogP contribution is -3.11. The summed E-state index contributed by atoms with van der Waals surface area (Å²) in [5.41, 5.74) is 1.07. The van der Waals surface area contributed by atoms with Crippen molar-refractivity contribution in [3.63, 3.8) is 0 Å². The summed E-state index contributed by atoms with van der Waals surface area (Å²) in [4.78, 5) is 24.7. The average Bonchev–Trinajstić information content (AvgIpc) is 2.49. The molecule has 0 aliphatic carbocycles. The van der Waals surface area contributed by atoms with Crippen molar-refractivity contribution in [1.29, 1.82) is 0 Å². The van der Waals surface area contributed by atoms with Crippen LogP contribution in [-0.4, -0.2) is 32.0 Å². The van der Waals surface area contributed by atoms with Gasteiger partial charge < -0.3 is 15.5 Å². The third kappa shape index (κ3) is 5.75. The van der Waals surface area contributed by atoms with E-state index in [1.54, 1.807) is 19.2 Å². The van der Waals surface area contributed by atoms with Crippen molar-refractivity contribution in [1.82, 2.24) is 0 Å². The van der Waals surface area contributed by atoms with E-state index in [1.807, 2.05) is 18.2 Å². The van der Waals surface area contributed by atoms with Crippen molar-refractivity contribution in [2.45, 2.75) is 0 Å². The molecule has 24 heavy (non-hydrogen) atoms. The van der Waals surface area contributed by atoms with Crippen LogP contribution in [0.1, 0.15) is 0 Å². The van der Waals surface area contributed by atoms with Gasteiger partial charge in [-0.3, -0.25) is 9.59 Å². The lowest BCUT2D eigenvalue weighted by Gasteiger charge is -2.14. The number of likely N-dealkylation sites (N-methyl/N-ethyl adjacent to an activating group) is 1. The van der Waals surface area contributed by atoms with Crippen molar-refractivity contribution in [3.05, 3.63) is 58.8 Å². The molecule has 2 rings (SSSR count). The van der Waals surface area contributed by atoms with Crippen LogP contribution in [0.3, 0.4) is 0 Å². The van der Waals surface area contributed by atoms with Gasteiger partial charge in [-0.15, -0.1) is 0 Å². The van der Waals surface area contributed by atoms with Crippen molar-refractivity contribution >= 4 is 39.1 Å². The average molecular weight is 395 g/mol. The van der Waals surface area contributed by atoms with Gasteiger partial charge in [0.15, 0.2) is 13.1 Å². The number of benzene rings is 2. The van der Waals surface area contributed by atoms with Crippen LogP contribution in [0, 0.1) is 5.82 Å². The molecule has 0 saturated heterocycles. The molecule has 0 heterocycles. The smallest absolute Gasteiger partial charge is 0.279 e. The van der Waals surface area contributed by atoms with Crippen molar-refractivity contribution < 1.29 is 18.9 Å². The minimum Gasteiger partial charge on any atom is -0.322 e. The van der Waals surface area contributed by atoms with E-state index in [-0.39, 0.29) is 24.9 Å². The number of hydrogen-bond donors (Lipinski definition) is 3. The summed E-state index contributed by atoms with van der Waals surface area (Å²) in [5, 5.41) is 5.39. The molecule has 0 spiro atoms. The second-order valence-electron chi connectivity index (χ2n) is 5.40. The fraction of sp³-hybridized carbons (Fsp3) is 0.176. The molecule has 2 amide bonds. The highest BCUT2D eigenvalue weighted by molar-refractivity contribution is 9.10. The molecule has 7 heteroatoms. The number of quaternary nitrogens is 1. The van der Waals surface area contributed by atoms with E-state index in [4.69, 9.17) is 0 Å². The van der Waals surface area contributed by atoms with Crippen molar-refractivity contribution in [2.24, 2.45) is 0 Å². The van der Waals surface area contributed by atoms with Crippen LogP contribution >= 0.6 is 15.9 Å². The maximum absolute atomic E-state index is 13.1. The molecule has 3 N–H and O–H groups in total. The predicted octanol–water partition coefficient (Wildman–Crippen LogP) is 1.68. The molecule has 0 fully saturated rings. The van der Waals surface area contributed by atoms with Crippen molar-refractivity contribution in [2.75, 3.05) is 30.8 Å². The molecule has 2 aromatic carbocycles. The summed E-state index contributed by atoms with van der Waals surface area (Å²) in [7, 11) is 1.74. The summed E-state index contributed by atoms with van der Waals surface area (Å²) in [6, 6.07) is 13.0. The van der Waals surface area contributed by atoms with Gasteiger partial charge in [-0.25, -0.2) is 4.39 Å². The second-order valence-corrected chi connectivity index (χ2v) is 6.25. The zero-order valence-corrected chi connectivity index (χ0v) is 14.7. The Morgan fingerprint density at radius 1 is 1.04 bits per heavy atom. The Hall–Kier alpha value is -2.25. The fourth-order valence-electron chi connectivity index (χ4n) is 2.14. The Bertz CT molecular complexity index is 739. The van der Waals surface area contributed by atoms with E-state index in [1.165, 1.54) is 18.2 Å². The third-order valence-corrected chi connectivity index (χ3v) is 3.87. The molecule has 1 atom stereocenters. The maximum atomic E-state index is 13.1. The lowest BCUT2D eigenvalue weighted by molar-refractivity contribution is -0.862. The molecular weight excluding hydrogens is 377 g/mol. The van der Waals surface area contributed by atoms with Crippen LogP contribution in [0.2, 0.25) is 0 Å². The van der Waals surface area contributed by atoms with Gasteiger partial charge in [-0.05, 0) is 46.3 Å². The number of halogens is 2. The first kappa shape index (κ1) is 18.1. The zero-order chi connectivity index (χ0) is 17.5.